The first-order chi connectivity index (χ1) is 14.0. The summed E-state index contributed by atoms with van der Waals surface area (Å²) in [5, 5.41) is 14.4. The van der Waals surface area contributed by atoms with Crippen LogP contribution in [-0.2, 0) is 16.0 Å². The maximum absolute atomic E-state index is 11.1. The Morgan fingerprint density at radius 2 is 2.03 bits per heavy atom. The van der Waals surface area contributed by atoms with E-state index in [0.29, 0.717) is 15.6 Å². The minimum Gasteiger partial charge on any atom is -0.481 e. The van der Waals surface area contributed by atoms with Crippen molar-refractivity contribution in [3.8, 4) is 11.1 Å². The average molecular weight is 431 g/mol. The van der Waals surface area contributed by atoms with E-state index in [1.165, 1.54) is 5.57 Å². The molecule has 4 rings (SSSR count). The molecule has 0 saturated carbocycles. The van der Waals surface area contributed by atoms with Crippen molar-refractivity contribution < 1.29 is 14.6 Å². The fourth-order valence-corrected chi connectivity index (χ4v) is 4.51. The highest BCUT2D eigenvalue weighted by molar-refractivity contribution is 6.39. The Morgan fingerprint density at radius 3 is 2.66 bits per heavy atom. The van der Waals surface area contributed by atoms with Crippen LogP contribution in [0.3, 0.4) is 0 Å². The average Bonchev–Trinajstić information content (AvgIpc) is 3.09. The van der Waals surface area contributed by atoms with Crippen molar-refractivity contribution in [1.82, 2.24) is 9.61 Å². The molecule has 0 bridgehead atoms. The number of methoxy groups -OCH3 is 1. The molecule has 2 heterocycles. The van der Waals surface area contributed by atoms with Gasteiger partial charge in [-0.25, -0.2) is 4.52 Å². The van der Waals surface area contributed by atoms with Gasteiger partial charge in [-0.2, -0.15) is 5.10 Å². The smallest absolute Gasteiger partial charge is 0.307 e. The molecule has 1 aromatic carbocycles. The van der Waals surface area contributed by atoms with Crippen LogP contribution in [-0.4, -0.2) is 33.9 Å². The molecule has 1 N–H and O–H groups in total. The Balaban J connectivity index is 1.72. The third kappa shape index (κ3) is 4.04. The van der Waals surface area contributed by atoms with Crippen LogP contribution in [0.15, 0.2) is 42.7 Å². The van der Waals surface area contributed by atoms with E-state index in [0.717, 1.165) is 41.5 Å². The van der Waals surface area contributed by atoms with Crippen molar-refractivity contribution in [2.24, 2.45) is 0 Å². The second-order valence-electron chi connectivity index (χ2n) is 7.16. The summed E-state index contributed by atoms with van der Waals surface area (Å²) in [7, 11) is 1.74. The predicted octanol–water partition coefficient (Wildman–Crippen LogP) is 5.52. The second kappa shape index (κ2) is 8.19. The van der Waals surface area contributed by atoms with Gasteiger partial charge in [0, 0.05) is 24.4 Å². The van der Waals surface area contributed by atoms with Crippen LogP contribution < -0.4 is 0 Å². The summed E-state index contributed by atoms with van der Waals surface area (Å²) in [5.41, 5.74) is 5.17. The molecule has 1 aliphatic rings. The van der Waals surface area contributed by atoms with E-state index < -0.39 is 5.97 Å². The first kappa shape index (κ1) is 20.0. The van der Waals surface area contributed by atoms with Crippen LogP contribution in [0.5, 0.6) is 0 Å². The molecule has 0 radical (unpaired) electrons. The fraction of sp³-hybridized carbons (Fsp3) is 0.273. The summed E-state index contributed by atoms with van der Waals surface area (Å²) in [6, 6.07) is 7.64. The normalized spacial score (nSPS) is 16.8. The minimum absolute atomic E-state index is 0.0933. The molecule has 0 spiro atoms. The van der Waals surface area contributed by atoms with Gasteiger partial charge in [0.05, 0.1) is 34.3 Å². The number of pyridine rings is 1. The van der Waals surface area contributed by atoms with Gasteiger partial charge < -0.3 is 9.84 Å². The second-order valence-corrected chi connectivity index (χ2v) is 7.98. The highest BCUT2D eigenvalue weighted by Gasteiger charge is 2.18. The van der Waals surface area contributed by atoms with Crippen LogP contribution >= 0.6 is 23.2 Å². The quantitative estimate of drug-likeness (QED) is 0.578. The van der Waals surface area contributed by atoms with Gasteiger partial charge in [0.1, 0.15) is 0 Å². The summed E-state index contributed by atoms with van der Waals surface area (Å²) in [6.45, 7) is 0. The monoisotopic (exact) mass is 430 g/mol. The third-order valence-electron chi connectivity index (χ3n) is 5.34. The molecule has 0 amide bonds. The zero-order valence-electron chi connectivity index (χ0n) is 15.9. The molecular formula is C22H20Cl2N2O3. The molecule has 0 aliphatic heterocycles. The largest absolute Gasteiger partial charge is 0.481 e. The van der Waals surface area contributed by atoms with E-state index in [1.54, 1.807) is 24.0 Å². The van der Waals surface area contributed by atoms with Crippen molar-refractivity contribution in [1.29, 1.82) is 0 Å². The van der Waals surface area contributed by atoms with Crippen molar-refractivity contribution >= 4 is 40.3 Å². The van der Waals surface area contributed by atoms with E-state index in [9.17, 15) is 4.79 Å². The van der Waals surface area contributed by atoms with Crippen molar-refractivity contribution in [3.63, 3.8) is 0 Å². The standard InChI is InChI=1S/C22H20Cl2N2O3/c1-29-17-4-2-13(3-5-17)15-8-18(23)22(19(24)9-15)14-6-7-26-20(10-14)16(12-25-26)11-21(27)28/h2,6-10,12,17H,3-5,11H2,1H3,(H,27,28). The molecule has 1 atom stereocenters. The molecule has 7 heteroatoms. The van der Waals surface area contributed by atoms with Gasteiger partial charge in [-0.05, 0) is 60.2 Å². The van der Waals surface area contributed by atoms with E-state index >= 15 is 0 Å². The SMILES string of the molecule is COC1CC=C(c2cc(Cl)c(-c3ccn4ncc(CC(=O)O)c4c3)c(Cl)c2)CC1. The van der Waals surface area contributed by atoms with Crippen LogP contribution in [0.25, 0.3) is 22.2 Å². The van der Waals surface area contributed by atoms with Crippen molar-refractivity contribution in [2.75, 3.05) is 7.11 Å². The predicted molar refractivity (Wildman–Crippen MR) is 115 cm³/mol. The lowest BCUT2D eigenvalue weighted by Crippen LogP contribution is -2.13. The van der Waals surface area contributed by atoms with E-state index in [2.05, 4.69) is 11.2 Å². The third-order valence-corrected chi connectivity index (χ3v) is 5.94. The number of fused-ring (bicyclic) bond motifs is 1. The lowest BCUT2D eigenvalue weighted by molar-refractivity contribution is -0.136. The van der Waals surface area contributed by atoms with Gasteiger partial charge in [0.25, 0.3) is 0 Å². The van der Waals surface area contributed by atoms with Crippen LogP contribution in [0.2, 0.25) is 10.0 Å². The maximum Gasteiger partial charge on any atom is 0.307 e. The van der Waals surface area contributed by atoms with Gasteiger partial charge in [-0.3, -0.25) is 4.79 Å². The number of aliphatic carboxylic acids is 1. The number of carboxylic acid groups (broad SMARTS) is 1. The van der Waals surface area contributed by atoms with Crippen molar-refractivity contribution in [2.45, 2.75) is 31.8 Å². The molecule has 1 aliphatic carbocycles. The number of benzene rings is 1. The number of carboxylic acids is 1. The van der Waals surface area contributed by atoms with Gasteiger partial charge in [-0.15, -0.1) is 0 Å². The molecule has 3 aromatic rings. The Hall–Kier alpha value is -2.34. The molecule has 2 aromatic heterocycles. The van der Waals surface area contributed by atoms with Gasteiger partial charge in [0.2, 0.25) is 0 Å². The van der Waals surface area contributed by atoms with Crippen molar-refractivity contribution in [3.05, 3.63) is 63.9 Å². The zero-order chi connectivity index (χ0) is 20.5. The molecule has 1 unspecified atom stereocenters. The first-order valence-electron chi connectivity index (χ1n) is 9.36. The Labute approximate surface area is 178 Å². The number of nitrogens with zero attached hydrogens (tertiary/aromatic N) is 2. The number of hydrogen-bond donors (Lipinski definition) is 1. The summed E-state index contributed by atoms with van der Waals surface area (Å²) >= 11 is 13.3. The molecule has 5 nitrogen and oxygen atoms in total. The van der Waals surface area contributed by atoms with Gasteiger partial charge >= 0.3 is 5.97 Å². The Bertz CT molecular complexity index is 1100. The van der Waals surface area contributed by atoms with Gasteiger partial charge in [0.15, 0.2) is 0 Å². The number of hydrogen-bond acceptors (Lipinski definition) is 3. The topological polar surface area (TPSA) is 63.8 Å². The maximum atomic E-state index is 11.1. The lowest BCUT2D eigenvalue weighted by Gasteiger charge is -2.21. The first-order valence-corrected chi connectivity index (χ1v) is 10.1. The summed E-state index contributed by atoms with van der Waals surface area (Å²) in [6.07, 6.45) is 8.50. The van der Waals surface area contributed by atoms with E-state index in [-0.39, 0.29) is 12.5 Å². The Morgan fingerprint density at radius 1 is 1.28 bits per heavy atom. The summed E-state index contributed by atoms with van der Waals surface area (Å²) < 4.78 is 7.07. The van der Waals surface area contributed by atoms with Crippen LogP contribution in [0.1, 0.15) is 30.4 Å². The molecular weight excluding hydrogens is 411 g/mol. The van der Waals surface area contributed by atoms with Gasteiger partial charge in [-0.1, -0.05) is 29.3 Å². The fourth-order valence-electron chi connectivity index (χ4n) is 3.81. The highest BCUT2D eigenvalue weighted by atomic mass is 35.5. The van der Waals surface area contributed by atoms with Crippen LogP contribution in [0.4, 0.5) is 0 Å². The number of ether oxygens (including phenoxy) is 1. The zero-order valence-corrected chi connectivity index (χ0v) is 17.4. The number of aromatic nitrogens is 2. The number of carbonyl (C=O) groups is 1. The van der Waals surface area contributed by atoms with E-state index in [4.69, 9.17) is 33.0 Å². The highest BCUT2D eigenvalue weighted by Crippen LogP contribution is 2.39. The number of allylic oxidation sites excluding steroid dienone is 1. The van der Waals surface area contributed by atoms with E-state index in [1.807, 2.05) is 24.3 Å². The lowest BCUT2D eigenvalue weighted by atomic mass is 9.91. The molecule has 0 saturated heterocycles. The minimum atomic E-state index is -0.901. The number of rotatable bonds is 5. The number of halogens is 2. The molecule has 29 heavy (non-hydrogen) atoms. The summed E-state index contributed by atoms with van der Waals surface area (Å²) in [5.74, 6) is -0.901. The molecule has 0 fully saturated rings. The Kier molecular flexibility index (Phi) is 5.63. The summed E-state index contributed by atoms with van der Waals surface area (Å²) in [4.78, 5) is 11.1. The molecule has 150 valence electrons. The van der Waals surface area contributed by atoms with Crippen LogP contribution in [0, 0.1) is 0 Å².